The molecule has 0 spiro atoms. The topological polar surface area (TPSA) is 76.4 Å². The monoisotopic (exact) mass is 140 g/mol. The predicted molar refractivity (Wildman–Crippen MR) is 43.1 cm³/mol. The van der Waals surface area contributed by atoms with Gasteiger partial charge in [-0.25, -0.2) is 4.99 Å². The quantitative estimate of drug-likeness (QED) is 0.281. The molecule has 10 heavy (non-hydrogen) atoms. The van der Waals surface area contributed by atoms with E-state index in [1.165, 1.54) is 6.20 Å². The van der Waals surface area contributed by atoms with Crippen LogP contribution < -0.4 is 16.8 Å². The second-order valence-corrected chi connectivity index (χ2v) is 1.59. The lowest BCUT2D eigenvalue weighted by Gasteiger charge is -1.95. The molecular formula is C6H12N4. The van der Waals surface area contributed by atoms with Gasteiger partial charge in [-0.05, 0) is 6.08 Å². The molecule has 0 fully saturated rings. The van der Waals surface area contributed by atoms with Crippen molar-refractivity contribution < 1.29 is 0 Å². The molecule has 0 saturated carbocycles. The fraction of sp³-hybridized carbons (Fsp3) is 0.167. The van der Waals surface area contributed by atoms with Crippen LogP contribution in [0.1, 0.15) is 0 Å². The number of nitrogens with zero attached hydrogens (tertiary/aromatic N) is 1. The summed E-state index contributed by atoms with van der Waals surface area (Å²) >= 11 is 0. The highest BCUT2D eigenvalue weighted by molar-refractivity contribution is 5.76. The molecule has 0 heterocycles. The fourth-order valence-electron chi connectivity index (χ4n) is 0.363. The van der Waals surface area contributed by atoms with E-state index in [1.54, 1.807) is 13.1 Å². The van der Waals surface area contributed by atoms with Crippen molar-refractivity contribution in [3.05, 3.63) is 24.6 Å². The zero-order chi connectivity index (χ0) is 7.98. The van der Waals surface area contributed by atoms with E-state index < -0.39 is 0 Å². The molecule has 0 aliphatic heterocycles. The standard InChI is InChI=1S/C6H12N4/c1-3-5(9-2)4-10-6(7)8/h3-4,9H,1H2,2H3,(H4,7,8,10)/b5-4+. The highest BCUT2D eigenvalue weighted by Crippen LogP contribution is 1.87. The molecule has 0 atom stereocenters. The van der Waals surface area contributed by atoms with Crippen LogP contribution >= 0.6 is 0 Å². The maximum absolute atomic E-state index is 5.07. The molecule has 0 radical (unpaired) electrons. The third kappa shape index (κ3) is 3.54. The molecule has 0 aromatic rings. The van der Waals surface area contributed by atoms with Crippen molar-refractivity contribution in [1.82, 2.24) is 5.32 Å². The summed E-state index contributed by atoms with van der Waals surface area (Å²) in [7, 11) is 1.76. The summed E-state index contributed by atoms with van der Waals surface area (Å²) in [6, 6.07) is 0. The molecule has 4 nitrogen and oxygen atoms in total. The van der Waals surface area contributed by atoms with Gasteiger partial charge in [-0.2, -0.15) is 0 Å². The summed E-state index contributed by atoms with van der Waals surface area (Å²) in [5.41, 5.74) is 10.9. The zero-order valence-electron chi connectivity index (χ0n) is 5.96. The number of guanidine groups is 1. The van der Waals surface area contributed by atoms with Crippen LogP contribution in [0.5, 0.6) is 0 Å². The normalized spacial score (nSPS) is 10.3. The van der Waals surface area contributed by atoms with Gasteiger partial charge in [-0.15, -0.1) is 0 Å². The molecule has 0 saturated heterocycles. The Morgan fingerprint density at radius 2 is 2.20 bits per heavy atom. The Bertz CT molecular complexity index is 165. The molecule has 0 aliphatic carbocycles. The summed E-state index contributed by atoms with van der Waals surface area (Å²) in [4.78, 5) is 3.64. The van der Waals surface area contributed by atoms with Gasteiger partial charge in [-0.1, -0.05) is 6.58 Å². The first-order valence-electron chi connectivity index (χ1n) is 2.79. The summed E-state index contributed by atoms with van der Waals surface area (Å²) in [5, 5.41) is 2.83. The van der Waals surface area contributed by atoms with Crippen molar-refractivity contribution in [1.29, 1.82) is 0 Å². The van der Waals surface area contributed by atoms with Crippen molar-refractivity contribution in [3.63, 3.8) is 0 Å². The average Bonchev–Trinajstić information content (AvgIpc) is 1.90. The Balaban J connectivity index is 4.12. The lowest BCUT2D eigenvalue weighted by atomic mass is 10.5. The molecule has 4 heteroatoms. The predicted octanol–water partition coefficient (Wildman–Crippen LogP) is -0.493. The van der Waals surface area contributed by atoms with E-state index in [9.17, 15) is 0 Å². The van der Waals surface area contributed by atoms with Gasteiger partial charge in [0.05, 0.1) is 11.9 Å². The minimum Gasteiger partial charge on any atom is -0.387 e. The lowest BCUT2D eigenvalue weighted by molar-refractivity contribution is 1.02. The second kappa shape index (κ2) is 4.43. The third-order valence-corrected chi connectivity index (χ3v) is 0.861. The Labute approximate surface area is 60.3 Å². The number of hydrogen-bond acceptors (Lipinski definition) is 2. The molecule has 0 unspecified atom stereocenters. The van der Waals surface area contributed by atoms with Gasteiger partial charge in [0, 0.05) is 7.05 Å². The fourth-order valence-corrected chi connectivity index (χ4v) is 0.363. The SMILES string of the molecule is C=C/C(=C\N=C(N)N)NC. The van der Waals surface area contributed by atoms with Crippen LogP contribution in [0.4, 0.5) is 0 Å². The first-order valence-corrected chi connectivity index (χ1v) is 2.79. The van der Waals surface area contributed by atoms with E-state index >= 15 is 0 Å². The Morgan fingerprint density at radius 3 is 2.50 bits per heavy atom. The van der Waals surface area contributed by atoms with Crippen LogP contribution in [0.15, 0.2) is 29.5 Å². The first kappa shape index (κ1) is 8.55. The Hall–Kier alpha value is -1.45. The van der Waals surface area contributed by atoms with Gasteiger partial charge >= 0.3 is 0 Å². The summed E-state index contributed by atoms with van der Waals surface area (Å²) in [6.45, 7) is 3.53. The van der Waals surface area contributed by atoms with Crippen LogP contribution in [0, 0.1) is 0 Å². The zero-order valence-corrected chi connectivity index (χ0v) is 5.96. The highest BCUT2D eigenvalue weighted by Gasteiger charge is 1.81. The number of nitrogens with one attached hydrogen (secondary N) is 1. The molecule has 0 amide bonds. The van der Waals surface area contributed by atoms with Gasteiger partial charge in [0.15, 0.2) is 5.96 Å². The molecule has 0 bridgehead atoms. The van der Waals surface area contributed by atoms with E-state index in [4.69, 9.17) is 11.5 Å². The molecule has 5 N–H and O–H groups in total. The van der Waals surface area contributed by atoms with Crippen LogP contribution in [-0.2, 0) is 0 Å². The van der Waals surface area contributed by atoms with Crippen molar-refractivity contribution >= 4 is 5.96 Å². The first-order chi connectivity index (χ1) is 4.70. The third-order valence-electron chi connectivity index (χ3n) is 0.861. The number of nitrogens with two attached hydrogens (primary N) is 2. The van der Waals surface area contributed by atoms with E-state index in [2.05, 4.69) is 16.9 Å². The maximum atomic E-state index is 5.07. The van der Waals surface area contributed by atoms with E-state index in [1.807, 2.05) is 0 Å². The molecule has 0 aromatic heterocycles. The minimum atomic E-state index is 0.0367. The van der Waals surface area contributed by atoms with Crippen LogP contribution in [0.3, 0.4) is 0 Å². The van der Waals surface area contributed by atoms with Crippen molar-refractivity contribution in [3.8, 4) is 0 Å². The van der Waals surface area contributed by atoms with Crippen LogP contribution in [0.25, 0.3) is 0 Å². The summed E-state index contributed by atoms with van der Waals surface area (Å²) in [6.07, 6.45) is 3.12. The van der Waals surface area contributed by atoms with Gasteiger partial charge in [0.25, 0.3) is 0 Å². The molecule has 0 aliphatic rings. The molecular weight excluding hydrogens is 128 g/mol. The number of hydrogen-bond donors (Lipinski definition) is 3. The number of likely N-dealkylation sites (N-methyl/N-ethyl adjacent to an activating group) is 1. The highest BCUT2D eigenvalue weighted by atomic mass is 15.0. The average molecular weight is 140 g/mol. The lowest BCUT2D eigenvalue weighted by Crippen LogP contribution is -2.22. The molecule has 0 aromatic carbocycles. The Kier molecular flexibility index (Phi) is 3.79. The Morgan fingerprint density at radius 1 is 1.60 bits per heavy atom. The summed E-state index contributed by atoms with van der Waals surface area (Å²) in [5.74, 6) is 0.0367. The molecule has 0 rings (SSSR count). The van der Waals surface area contributed by atoms with Crippen molar-refractivity contribution in [2.45, 2.75) is 0 Å². The van der Waals surface area contributed by atoms with Crippen LogP contribution in [-0.4, -0.2) is 13.0 Å². The van der Waals surface area contributed by atoms with Gasteiger partial charge < -0.3 is 16.8 Å². The van der Waals surface area contributed by atoms with E-state index in [-0.39, 0.29) is 5.96 Å². The smallest absolute Gasteiger partial charge is 0.190 e. The minimum absolute atomic E-state index is 0.0367. The number of aliphatic imine (C=N–C) groups is 1. The van der Waals surface area contributed by atoms with E-state index in [0.29, 0.717) is 0 Å². The maximum Gasteiger partial charge on any atom is 0.190 e. The van der Waals surface area contributed by atoms with Crippen LogP contribution in [0.2, 0.25) is 0 Å². The summed E-state index contributed by atoms with van der Waals surface area (Å²) < 4.78 is 0. The van der Waals surface area contributed by atoms with Gasteiger partial charge in [0.1, 0.15) is 0 Å². The number of rotatable bonds is 3. The van der Waals surface area contributed by atoms with E-state index in [0.717, 1.165) is 5.70 Å². The van der Waals surface area contributed by atoms with Gasteiger partial charge in [0.2, 0.25) is 0 Å². The number of allylic oxidation sites excluding steroid dienone is 1. The van der Waals surface area contributed by atoms with Crippen molar-refractivity contribution in [2.24, 2.45) is 16.5 Å². The van der Waals surface area contributed by atoms with Gasteiger partial charge in [-0.3, -0.25) is 0 Å². The van der Waals surface area contributed by atoms with Crippen molar-refractivity contribution in [2.75, 3.05) is 7.05 Å². The molecule has 56 valence electrons. The second-order valence-electron chi connectivity index (χ2n) is 1.59. The largest absolute Gasteiger partial charge is 0.387 e.